The molecule has 2 aromatic heterocycles. The molecular weight excluding hydrogens is 274 g/mol. The number of ether oxygens (including phenoxy) is 1. The highest BCUT2D eigenvalue weighted by Gasteiger charge is 2.08. The molecule has 3 rings (SSSR count). The summed E-state index contributed by atoms with van der Waals surface area (Å²) in [6, 6.07) is 7.87. The third-order valence-corrected chi connectivity index (χ3v) is 2.93. The molecule has 0 spiro atoms. The highest BCUT2D eigenvalue weighted by Crippen LogP contribution is 2.25. The molecule has 3 aromatic rings. The number of nitrogens with zero attached hydrogens (tertiary/aromatic N) is 2. The van der Waals surface area contributed by atoms with E-state index in [0.717, 1.165) is 9.95 Å². The lowest BCUT2D eigenvalue weighted by Gasteiger charge is -2.05. The molecule has 21 heavy (non-hydrogen) atoms. The minimum Gasteiger partial charge on any atom is -0.464 e. The van der Waals surface area contributed by atoms with Gasteiger partial charge in [-0.2, -0.15) is 0 Å². The van der Waals surface area contributed by atoms with Gasteiger partial charge in [-0.05, 0) is 31.2 Å². The Hall–Kier alpha value is -3.09. The van der Waals surface area contributed by atoms with E-state index in [1.54, 1.807) is 31.2 Å². The Labute approximate surface area is 118 Å². The molecule has 7 nitrogen and oxygen atoms in total. The molecule has 7 heteroatoms. The van der Waals surface area contributed by atoms with E-state index in [1.165, 1.54) is 12.3 Å². The Morgan fingerprint density at radius 1 is 1.33 bits per heavy atom. The number of rotatable bonds is 2. The van der Waals surface area contributed by atoms with Crippen molar-refractivity contribution < 1.29 is 14.6 Å². The van der Waals surface area contributed by atoms with Crippen LogP contribution in [0, 0.1) is 6.92 Å². The summed E-state index contributed by atoms with van der Waals surface area (Å²) in [5, 5.41) is 9.74. The fourth-order valence-corrected chi connectivity index (χ4v) is 2.08. The summed E-state index contributed by atoms with van der Waals surface area (Å²) >= 11 is 0. The predicted octanol–water partition coefficient (Wildman–Crippen LogP) is 2.35. The van der Waals surface area contributed by atoms with E-state index in [-0.39, 0.29) is 11.4 Å². The van der Waals surface area contributed by atoms with Crippen LogP contribution in [0.3, 0.4) is 0 Å². The van der Waals surface area contributed by atoms with E-state index >= 15 is 0 Å². The Kier molecular flexibility index (Phi) is 2.94. The van der Waals surface area contributed by atoms with Gasteiger partial charge < -0.3 is 14.8 Å². The average molecular weight is 285 g/mol. The number of hydrogen-bond acceptors (Lipinski definition) is 4. The van der Waals surface area contributed by atoms with Crippen molar-refractivity contribution in [2.24, 2.45) is 0 Å². The first-order valence-corrected chi connectivity index (χ1v) is 6.13. The second kappa shape index (κ2) is 4.78. The van der Waals surface area contributed by atoms with E-state index in [1.807, 2.05) is 0 Å². The number of H-pyrrole nitrogens is 1. The van der Waals surface area contributed by atoms with Crippen LogP contribution in [0.25, 0.3) is 10.9 Å². The molecule has 0 aliphatic carbocycles. The SMILES string of the molecule is Cc1nc(Oc2ccc3c(ccn3C(=O)O)c2)cc(=O)[nH]1. The lowest BCUT2D eigenvalue weighted by Crippen LogP contribution is -2.08. The Morgan fingerprint density at radius 3 is 2.86 bits per heavy atom. The standard InChI is InChI=1S/C14H11N3O4/c1-8-15-12(18)7-13(16-8)21-10-2-3-11-9(6-10)4-5-17(11)14(19)20/h2-7H,1H3,(H,19,20)(H,15,16,18). The highest BCUT2D eigenvalue weighted by molar-refractivity contribution is 5.89. The highest BCUT2D eigenvalue weighted by atomic mass is 16.5. The second-order valence-corrected chi connectivity index (χ2v) is 4.46. The van der Waals surface area contributed by atoms with Crippen LogP contribution in [0.2, 0.25) is 0 Å². The third-order valence-electron chi connectivity index (χ3n) is 2.93. The van der Waals surface area contributed by atoms with Crippen LogP contribution in [0.5, 0.6) is 11.6 Å². The number of hydrogen-bond donors (Lipinski definition) is 2. The molecule has 0 radical (unpaired) electrons. The monoisotopic (exact) mass is 285 g/mol. The van der Waals surface area contributed by atoms with E-state index in [9.17, 15) is 9.59 Å². The summed E-state index contributed by atoms with van der Waals surface area (Å²) in [5.74, 6) is 1.12. The molecular formula is C14H11N3O4. The van der Waals surface area contributed by atoms with Crippen molar-refractivity contribution in [2.75, 3.05) is 0 Å². The van der Waals surface area contributed by atoms with Crippen LogP contribution in [0.1, 0.15) is 5.82 Å². The van der Waals surface area contributed by atoms with Crippen molar-refractivity contribution in [3.63, 3.8) is 0 Å². The minimum atomic E-state index is -1.05. The fourth-order valence-electron chi connectivity index (χ4n) is 2.08. The van der Waals surface area contributed by atoms with Crippen LogP contribution in [0.15, 0.2) is 41.3 Å². The van der Waals surface area contributed by atoms with Crippen LogP contribution >= 0.6 is 0 Å². The molecule has 0 atom stereocenters. The maximum Gasteiger partial charge on any atom is 0.415 e. The summed E-state index contributed by atoms with van der Waals surface area (Å²) < 4.78 is 6.65. The van der Waals surface area contributed by atoms with E-state index in [4.69, 9.17) is 9.84 Å². The maximum absolute atomic E-state index is 11.3. The number of carbonyl (C=O) groups is 1. The van der Waals surface area contributed by atoms with Gasteiger partial charge in [0.05, 0.1) is 11.6 Å². The Morgan fingerprint density at radius 2 is 2.14 bits per heavy atom. The molecule has 0 aliphatic heterocycles. The van der Waals surface area contributed by atoms with Gasteiger partial charge in [0.15, 0.2) is 0 Å². The largest absolute Gasteiger partial charge is 0.464 e. The first-order chi connectivity index (χ1) is 10.0. The van der Waals surface area contributed by atoms with Crippen molar-refractivity contribution in [2.45, 2.75) is 6.92 Å². The van der Waals surface area contributed by atoms with Gasteiger partial charge in [-0.3, -0.25) is 9.36 Å². The first-order valence-electron chi connectivity index (χ1n) is 6.13. The number of carboxylic acid groups (broad SMARTS) is 1. The smallest absolute Gasteiger partial charge is 0.415 e. The zero-order valence-electron chi connectivity index (χ0n) is 11.0. The fraction of sp³-hybridized carbons (Fsp3) is 0.0714. The van der Waals surface area contributed by atoms with Crippen molar-refractivity contribution in [1.82, 2.24) is 14.5 Å². The Bertz CT molecular complexity index is 895. The summed E-state index contributed by atoms with van der Waals surface area (Å²) in [6.07, 6.45) is 0.414. The number of fused-ring (bicyclic) bond motifs is 1. The molecule has 0 aliphatic rings. The summed E-state index contributed by atoms with van der Waals surface area (Å²) in [4.78, 5) is 29.0. The van der Waals surface area contributed by atoms with E-state index < -0.39 is 6.09 Å². The van der Waals surface area contributed by atoms with Crippen LogP contribution in [-0.2, 0) is 0 Å². The van der Waals surface area contributed by atoms with Gasteiger partial charge in [-0.15, -0.1) is 0 Å². The van der Waals surface area contributed by atoms with Crippen molar-refractivity contribution in [3.05, 3.63) is 52.7 Å². The number of aromatic amines is 1. The molecule has 0 saturated heterocycles. The summed E-state index contributed by atoms with van der Waals surface area (Å²) in [6.45, 7) is 1.66. The normalized spacial score (nSPS) is 10.7. The average Bonchev–Trinajstić information content (AvgIpc) is 2.80. The molecule has 0 unspecified atom stereocenters. The summed E-state index contributed by atoms with van der Waals surface area (Å²) in [5.41, 5.74) is 0.264. The topological polar surface area (TPSA) is 97.2 Å². The van der Waals surface area contributed by atoms with Gasteiger partial charge in [0, 0.05) is 11.6 Å². The number of aromatic nitrogens is 3. The summed E-state index contributed by atoms with van der Waals surface area (Å²) in [7, 11) is 0. The molecule has 2 N–H and O–H groups in total. The van der Waals surface area contributed by atoms with Crippen molar-refractivity contribution in [3.8, 4) is 11.6 Å². The first kappa shape index (κ1) is 12.9. The van der Waals surface area contributed by atoms with Gasteiger partial charge in [0.1, 0.15) is 11.6 Å². The van der Waals surface area contributed by atoms with Crippen LogP contribution < -0.4 is 10.3 Å². The van der Waals surface area contributed by atoms with Crippen LogP contribution in [0.4, 0.5) is 4.79 Å². The quantitative estimate of drug-likeness (QED) is 0.753. The van der Waals surface area contributed by atoms with Gasteiger partial charge in [-0.1, -0.05) is 0 Å². The zero-order chi connectivity index (χ0) is 15.0. The minimum absolute atomic E-state index is 0.188. The number of aryl methyl sites for hydroxylation is 1. The van der Waals surface area contributed by atoms with Gasteiger partial charge in [-0.25, -0.2) is 9.78 Å². The third kappa shape index (κ3) is 2.48. The predicted molar refractivity (Wildman–Crippen MR) is 75.0 cm³/mol. The van der Waals surface area contributed by atoms with Gasteiger partial charge >= 0.3 is 6.09 Å². The molecule has 106 valence electrons. The lowest BCUT2D eigenvalue weighted by atomic mass is 10.2. The Balaban J connectivity index is 1.98. The second-order valence-electron chi connectivity index (χ2n) is 4.46. The maximum atomic E-state index is 11.3. The number of benzene rings is 1. The van der Waals surface area contributed by atoms with Gasteiger partial charge in [0.25, 0.3) is 5.56 Å². The van der Waals surface area contributed by atoms with Crippen molar-refractivity contribution in [1.29, 1.82) is 0 Å². The molecule has 2 heterocycles. The van der Waals surface area contributed by atoms with Crippen molar-refractivity contribution >= 4 is 17.0 Å². The van der Waals surface area contributed by atoms with Gasteiger partial charge in [0.2, 0.25) is 5.88 Å². The molecule has 0 fully saturated rings. The molecule has 0 amide bonds. The molecule has 1 aromatic carbocycles. The zero-order valence-corrected chi connectivity index (χ0v) is 11.0. The van der Waals surface area contributed by atoms with E-state index in [2.05, 4.69) is 9.97 Å². The molecule has 0 bridgehead atoms. The number of nitrogens with one attached hydrogen (secondary N) is 1. The molecule has 0 saturated carbocycles. The lowest BCUT2D eigenvalue weighted by molar-refractivity contribution is 0.197. The van der Waals surface area contributed by atoms with E-state index in [0.29, 0.717) is 17.1 Å². The van der Waals surface area contributed by atoms with Crippen LogP contribution in [-0.4, -0.2) is 25.7 Å².